The summed E-state index contributed by atoms with van der Waals surface area (Å²) in [7, 11) is 3.93. The van der Waals surface area contributed by atoms with Gasteiger partial charge in [-0.2, -0.15) is 5.10 Å². The van der Waals surface area contributed by atoms with Gasteiger partial charge in [0.2, 0.25) is 0 Å². The Balaban J connectivity index is 1.80. The highest BCUT2D eigenvalue weighted by molar-refractivity contribution is 9.10. The van der Waals surface area contributed by atoms with Crippen LogP contribution >= 0.6 is 15.9 Å². The molecule has 130 valence electrons. The maximum absolute atomic E-state index is 12.0. The van der Waals surface area contributed by atoms with E-state index in [0.29, 0.717) is 10.0 Å². The van der Waals surface area contributed by atoms with E-state index in [0.717, 1.165) is 11.3 Å². The fourth-order valence-corrected chi connectivity index (χ4v) is 2.44. The van der Waals surface area contributed by atoms with Crippen molar-refractivity contribution in [2.24, 2.45) is 5.10 Å². The molecule has 2 amide bonds. The van der Waals surface area contributed by atoms with Crippen molar-refractivity contribution in [2.75, 3.05) is 25.5 Å². The van der Waals surface area contributed by atoms with Crippen molar-refractivity contribution >= 4 is 39.6 Å². The molecule has 0 saturated carbocycles. The number of hydrazone groups is 1. The van der Waals surface area contributed by atoms with Gasteiger partial charge in [0.1, 0.15) is 0 Å². The van der Waals surface area contributed by atoms with E-state index in [1.54, 1.807) is 24.4 Å². The van der Waals surface area contributed by atoms with E-state index in [-0.39, 0.29) is 12.5 Å². The summed E-state index contributed by atoms with van der Waals surface area (Å²) < 4.78 is 0.673. The lowest BCUT2D eigenvalue weighted by Gasteiger charge is -2.11. The fourth-order valence-electron chi connectivity index (χ4n) is 1.98. The number of carbonyl (C=O) groups excluding carboxylic acids is 2. The molecule has 0 unspecified atom stereocenters. The van der Waals surface area contributed by atoms with Crippen LogP contribution in [-0.4, -0.2) is 38.7 Å². The molecule has 0 aliphatic carbocycles. The number of hydrogen-bond donors (Lipinski definition) is 2. The monoisotopic (exact) mass is 402 g/mol. The van der Waals surface area contributed by atoms with E-state index in [2.05, 4.69) is 31.8 Å². The summed E-state index contributed by atoms with van der Waals surface area (Å²) in [6.45, 7) is -0.156. The van der Waals surface area contributed by atoms with Gasteiger partial charge >= 0.3 is 0 Å². The van der Waals surface area contributed by atoms with Crippen LogP contribution in [0.1, 0.15) is 15.9 Å². The lowest BCUT2D eigenvalue weighted by Crippen LogP contribution is -2.35. The number of carbonyl (C=O) groups is 2. The number of nitrogens with zero attached hydrogens (tertiary/aromatic N) is 2. The van der Waals surface area contributed by atoms with Crippen molar-refractivity contribution in [3.05, 3.63) is 64.1 Å². The molecule has 2 aromatic carbocycles. The SMILES string of the molecule is CN(C)c1ccc(/C=N\NC(=O)CNC(=O)c2ccccc2Br)cc1. The number of halogens is 1. The van der Waals surface area contributed by atoms with E-state index in [4.69, 9.17) is 0 Å². The van der Waals surface area contributed by atoms with Crippen molar-refractivity contribution in [1.29, 1.82) is 0 Å². The first kappa shape index (κ1) is 18.7. The van der Waals surface area contributed by atoms with Gasteiger partial charge < -0.3 is 10.2 Å². The highest BCUT2D eigenvalue weighted by Gasteiger charge is 2.10. The van der Waals surface area contributed by atoms with Gasteiger partial charge in [-0.3, -0.25) is 9.59 Å². The van der Waals surface area contributed by atoms with Crippen LogP contribution in [0.25, 0.3) is 0 Å². The van der Waals surface area contributed by atoms with Crippen molar-refractivity contribution in [3.63, 3.8) is 0 Å². The first-order valence-electron chi connectivity index (χ1n) is 7.59. The third-order valence-corrected chi connectivity index (χ3v) is 4.03. The molecule has 25 heavy (non-hydrogen) atoms. The number of anilines is 1. The molecule has 2 N–H and O–H groups in total. The van der Waals surface area contributed by atoms with Gasteiger partial charge in [0.15, 0.2) is 0 Å². The normalized spacial score (nSPS) is 10.5. The molecule has 0 spiro atoms. The topological polar surface area (TPSA) is 73.8 Å². The lowest BCUT2D eigenvalue weighted by molar-refractivity contribution is -0.120. The van der Waals surface area contributed by atoms with E-state index in [1.165, 1.54) is 0 Å². The summed E-state index contributed by atoms with van der Waals surface area (Å²) >= 11 is 3.30. The minimum absolute atomic E-state index is 0.156. The van der Waals surface area contributed by atoms with Gasteiger partial charge in [-0.25, -0.2) is 5.43 Å². The molecule has 0 aromatic heterocycles. The maximum atomic E-state index is 12.0. The highest BCUT2D eigenvalue weighted by Crippen LogP contribution is 2.15. The molecule has 2 rings (SSSR count). The predicted molar refractivity (Wildman–Crippen MR) is 103 cm³/mol. The molecule has 0 heterocycles. The maximum Gasteiger partial charge on any atom is 0.259 e. The Hall–Kier alpha value is -2.67. The summed E-state index contributed by atoms with van der Waals surface area (Å²) in [5.41, 5.74) is 4.80. The van der Waals surface area contributed by atoms with E-state index in [9.17, 15) is 9.59 Å². The van der Waals surface area contributed by atoms with E-state index in [1.807, 2.05) is 49.3 Å². The highest BCUT2D eigenvalue weighted by atomic mass is 79.9. The van der Waals surface area contributed by atoms with Crippen LogP contribution in [0, 0.1) is 0 Å². The average molecular weight is 403 g/mol. The second kappa shape index (κ2) is 8.98. The van der Waals surface area contributed by atoms with Crippen molar-refractivity contribution < 1.29 is 9.59 Å². The zero-order valence-electron chi connectivity index (χ0n) is 14.0. The van der Waals surface area contributed by atoms with E-state index < -0.39 is 5.91 Å². The van der Waals surface area contributed by atoms with Crippen LogP contribution < -0.4 is 15.6 Å². The Bertz CT molecular complexity index is 773. The summed E-state index contributed by atoms with van der Waals surface area (Å²) in [4.78, 5) is 25.7. The van der Waals surface area contributed by atoms with Crippen LogP contribution in [0.3, 0.4) is 0 Å². The molecule has 0 bridgehead atoms. The summed E-state index contributed by atoms with van der Waals surface area (Å²) in [5.74, 6) is -0.729. The second-order valence-corrected chi connectivity index (χ2v) is 6.30. The molecule has 0 aliphatic heterocycles. The Kier molecular flexibility index (Phi) is 6.71. The van der Waals surface area contributed by atoms with Gasteiger partial charge in [-0.15, -0.1) is 0 Å². The predicted octanol–water partition coefficient (Wildman–Crippen LogP) is 2.40. The quantitative estimate of drug-likeness (QED) is 0.575. The molecule has 0 atom stereocenters. The second-order valence-electron chi connectivity index (χ2n) is 5.44. The molecule has 0 aliphatic rings. The Morgan fingerprint density at radius 3 is 2.44 bits per heavy atom. The summed E-state index contributed by atoms with van der Waals surface area (Å²) in [5, 5.41) is 6.43. The van der Waals surface area contributed by atoms with Gasteiger partial charge in [0.25, 0.3) is 11.8 Å². The Labute approximate surface area is 155 Å². The van der Waals surface area contributed by atoms with E-state index >= 15 is 0 Å². The van der Waals surface area contributed by atoms with Crippen LogP contribution in [0.5, 0.6) is 0 Å². The van der Waals surface area contributed by atoms with Crippen molar-refractivity contribution in [1.82, 2.24) is 10.7 Å². The van der Waals surface area contributed by atoms with Gasteiger partial charge in [-0.1, -0.05) is 24.3 Å². The molecule has 0 radical (unpaired) electrons. The Morgan fingerprint density at radius 2 is 1.80 bits per heavy atom. The largest absolute Gasteiger partial charge is 0.378 e. The fraction of sp³-hybridized carbons (Fsp3) is 0.167. The molecule has 0 saturated heterocycles. The zero-order valence-corrected chi connectivity index (χ0v) is 15.6. The Morgan fingerprint density at radius 1 is 1.12 bits per heavy atom. The standard InChI is InChI=1S/C18H19BrN4O2/c1-23(2)14-9-7-13(8-10-14)11-21-22-17(24)12-20-18(25)15-5-3-4-6-16(15)19/h3-11H,12H2,1-2H3,(H,20,25)(H,22,24)/b21-11-. The van der Waals surface area contributed by atoms with Crippen molar-refractivity contribution in [3.8, 4) is 0 Å². The third-order valence-electron chi connectivity index (χ3n) is 3.34. The van der Waals surface area contributed by atoms with Crippen LogP contribution in [0.4, 0.5) is 5.69 Å². The number of rotatable bonds is 6. The first-order valence-corrected chi connectivity index (χ1v) is 8.38. The molecule has 7 heteroatoms. The number of benzene rings is 2. The molecule has 2 aromatic rings. The molecule has 0 fully saturated rings. The summed E-state index contributed by atoms with van der Waals surface area (Å²) in [6.07, 6.45) is 1.55. The first-order chi connectivity index (χ1) is 12.0. The van der Waals surface area contributed by atoms with Gasteiger partial charge in [0.05, 0.1) is 18.3 Å². The minimum atomic E-state index is -0.401. The number of hydrogen-bond acceptors (Lipinski definition) is 4. The number of nitrogens with one attached hydrogen (secondary N) is 2. The molecule has 6 nitrogen and oxygen atoms in total. The van der Waals surface area contributed by atoms with Crippen LogP contribution in [-0.2, 0) is 4.79 Å². The van der Waals surface area contributed by atoms with Crippen molar-refractivity contribution in [2.45, 2.75) is 0 Å². The summed E-state index contributed by atoms with van der Waals surface area (Å²) in [6, 6.07) is 14.7. The smallest absolute Gasteiger partial charge is 0.259 e. The zero-order chi connectivity index (χ0) is 18.2. The van der Waals surface area contributed by atoms with Gasteiger partial charge in [-0.05, 0) is 45.8 Å². The molecular weight excluding hydrogens is 384 g/mol. The molecular formula is C18H19BrN4O2. The van der Waals surface area contributed by atoms with Crippen LogP contribution in [0.2, 0.25) is 0 Å². The average Bonchev–Trinajstić information content (AvgIpc) is 2.60. The van der Waals surface area contributed by atoms with Crippen LogP contribution in [0.15, 0.2) is 58.1 Å². The lowest BCUT2D eigenvalue weighted by atomic mass is 10.2. The minimum Gasteiger partial charge on any atom is -0.378 e. The number of amides is 2. The van der Waals surface area contributed by atoms with Gasteiger partial charge in [0, 0.05) is 24.3 Å². The third kappa shape index (κ3) is 5.72.